The van der Waals surface area contributed by atoms with E-state index >= 15 is 0 Å². The lowest BCUT2D eigenvalue weighted by atomic mass is 10.0. The molecule has 0 spiro atoms. The van der Waals surface area contributed by atoms with E-state index in [0.717, 1.165) is 15.6 Å². The molecule has 7 nitrogen and oxygen atoms in total. The summed E-state index contributed by atoms with van der Waals surface area (Å²) in [5.74, 6) is -3.37. The molecule has 2 aromatic rings. The number of halogens is 1. The van der Waals surface area contributed by atoms with Gasteiger partial charge in [-0.2, -0.15) is 0 Å². The average Bonchev–Trinajstić information content (AvgIpc) is 2.68. The minimum Gasteiger partial charge on any atom is -0.481 e. The highest BCUT2D eigenvalue weighted by atomic mass is 79.9. The lowest BCUT2D eigenvalue weighted by molar-refractivity contribution is -0.141. The van der Waals surface area contributed by atoms with Gasteiger partial charge >= 0.3 is 12.1 Å². The second kappa shape index (κ2) is 10.6. The van der Waals surface area contributed by atoms with Gasteiger partial charge in [-0.15, -0.1) is 0 Å². The van der Waals surface area contributed by atoms with Gasteiger partial charge in [0.1, 0.15) is 12.4 Å². The molecule has 3 N–H and O–H groups in total. The van der Waals surface area contributed by atoms with E-state index in [-0.39, 0.29) is 13.0 Å². The van der Waals surface area contributed by atoms with E-state index in [2.05, 4.69) is 21.2 Å². The summed E-state index contributed by atoms with van der Waals surface area (Å²) in [6, 6.07) is 16.1. The number of carbonyl (C=O) groups is 2. The Morgan fingerprint density at radius 2 is 1.72 bits per heavy atom. The van der Waals surface area contributed by atoms with Gasteiger partial charge in [-0.05, 0) is 36.6 Å². The molecule has 0 aliphatic heterocycles. The number of hydrogen-bond donors (Lipinski definition) is 3. The molecule has 0 aliphatic carbocycles. The quantitative estimate of drug-likeness (QED) is 0.459. The molecule has 0 saturated heterocycles. The van der Waals surface area contributed by atoms with Gasteiger partial charge in [0.25, 0.3) is 0 Å². The number of nitrogens with one attached hydrogen (secondary N) is 1. The van der Waals surface area contributed by atoms with E-state index in [1.165, 1.54) is 6.92 Å². The van der Waals surface area contributed by atoms with Crippen LogP contribution in [0.15, 0.2) is 59.1 Å². The third kappa shape index (κ3) is 7.65. The largest absolute Gasteiger partial charge is 0.481 e. The zero-order valence-corrected chi connectivity index (χ0v) is 18.3. The number of benzene rings is 2. The van der Waals surface area contributed by atoms with Crippen molar-refractivity contribution in [2.24, 2.45) is 5.92 Å². The first-order valence-corrected chi connectivity index (χ1v) is 11.6. The summed E-state index contributed by atoms with van der Waals surface area (Å²) in [7, 11) is -3.99. The van der Waals surface area contributed by atoms with Crippen molar-refractivity contribution in [3.05, 3.63) is 70.2 Å². The Hall–Kier alpha value is -2.15. The van der Waals surface area contributed by atoms with Gasteiger partial charge in [-0.25, -0.2) is 4.79 Å². The summed E-state index contributed by atoms with van der Waals surface area (Å²) < 4.78 is 18.6. The lowest BCUT2D eigenvalue weighted by Crippen LogP contribution is -2.35. The summed E-state index contributed by atoms with van der Waals surface area (Å²) >= 11 is 3.31. The highest BCUT2D eigenvalue weighted by Gasteiger charge is 2.35. The number of amides is 1. The topological polar surface area (TPSA) is 113 Å². The summed E-state index contributed by atoms with van der Waals surface area (Å²) in [5, 5.41) is 11.8. The fourth-order valence-corrected chi connectivity index (χ4v) is 4.45. The summed E-state index contributed by atoms with van der Waals surface area (Å²) in [5.41, 5.74) is 1.52. The van der Waals surface area contributed by atoms with E-state index < -0.39 is 37.3 Å². The number of carbonyl (C=O) groups excluding carboxylic acids is 1. The molecule has 156 valence electrons. The van der Waals surface area contributed by atoms with Crippen LogP contribution in [0.1, 0.15) is 18.1 Å². The number of carboxylic acid groups (broad SMARTS) is 1. The maximum atomic E-state index is 12.7. The van der Waals surface area contributed by atoms with Crippen LogP contribution in [0.2, 0.25) is 0 Å². The molecule has 0 fully saturated rings. The molecule has 9 heteroatoms. The predicted molar refractivity (Wildman–Crippen MR) is 113 cm³/mol. The molecular formula is C20H23BrNO6P. The van der Waals surface area contributed by atoms with Gasteiger partial charge in [0.15, 0.2) is 0 Å². The van der Waals surface area contributed by atoms with Crippen molar-refractivity contribution in [2.45, 2.75) is 25.7 Å². The molecular weight excluding hydrogens is 461 g/mol. The van der Waals surface area contributed by atoms with Crippen LogP contribution in [0, 0.1) is 5.92 Å². The minimum absolute atomic E-state index is 0.0242. The van der Waals surface area contributed by atoms with Crippen LogP contribution in [0.3, 0.4) is 0 Å². The number of rotatable bonds is 9. The van der Waals surface area contributed by atoms with Crippen molar-refractivity contribution in [1.29, 1.82) is 0 Å². The van der Waals surface area contributed by atoms with E-state index in [1.54, 1.807) is 48.5 Å². The molecule has 1 unspecified atom stereocenters. The van der Waals surface area contributed by atoms with Crippen LogP contribution in [-0.2, 0) is 27.1 Å². The first-order valence-electron chi connectivity index (χ1n) is 8.93. The summed E-state index contributed by atoms with van der Waals surface area (Å²) in [6.45, 7) is 1.39. The predicted octanol–water partition coefficient (Wildman–Crippen LogP) is 4.24. The molecule has 1 amide bonds. The number of alkyl carbamates (subject to hydrolysis) is 1. The van der Waals surface area contributed by atoms with Crippen LogP contribution < -0.4 is 5.32 Å². The molecule has 0 radical (unpaired) electrons. The van der Waals surface area contributed by atoms with Gasteiger partial charge in [-0.1, -0.05) is 58.4 Å². The van der Waals surface area contributed by atoms with E-state index in [0.29, 0.717) is 0 Å². The van der Waals surface area contributed by atoms with Crippen LogP contribution in [0.5, 0.6) is 0 Å². The SMILES string of the molecule is C[C@H](NC(=O)OCc1ccccc1)P(=O)(O)C[C@@H](Cc1ccc(Br)cc1)C(=O)O. The zero-order valence-electron chi connectivity index (χ0n) is 15.8. The van der Waals surface area contributed by atoms with Crippen molar-refractivity contribution in [3.8, 4) is 0 Å². The van der Waals surface area contributed by atoms with Gasteiger partial charge in [-0.3, -0.25) is 9.36 Å². The molecule has 3 atom stereocenters. The van der Waals surface area contributed by atoms with Crippen LogP contribution in [0.25, 0.3) is 0 Å². The number of carboxylic acids is 1. The molecule has 29 heavy (non-hydrogen) atoms. The molecule has 2 aromatic carbocycles. The standard InChI is InChI=1S/C20H23BrNO6P/c1-14(22-20(25)28-12-16-5-3-2-4-6-16)29(26,27)13-17(19(23)24)11-15-7-9-18(21)10-8-15/h2-10,14,17H,11-13H2,1H3,(H,22,25)(H,23,24)(H,26,27)/t14-,17-/m1/s1. The Kier molecular flexibility index (Phi) is 8.44. The Bertz CT molecular complexity index is 874. The molecule has 0 heterocycles. The van der Waals surface area contributed by atoms with Crippen molar-refractivity contribution in [1.82, 2.24) is 5.32 Å². The van der Waals surface area contributed by atoms with Crippen LogP contribution >= 0.6 is 23.3 Å². The Labute approximate surface area is 177 Å². The number of aliphatic carboxylic acids is 1. The number of hydrogen-bond acceptors (Lipinski definition) is 4. The molecule has 2 rings (SSSR count). The third-order valence-electron chi connectivity index (χ3n) is 4.37. The van der Waals surface area contributed by atoms with Gasteiger partial charge < -0.3 is 20.1 Å². The van der Waals surface area contributed by atoms with Crippen molar-refractivity contribution < 1.29 is 28.9 Å². The first-order chi connectivity index (χ1) is 13.7. The van der Waals surface area contributed by atoms with E-state index in [1.807, 2.05) is 6.07 Å². The highest BCUT2D eigenvalue weighted by molar-refractivity contribution is 9.10. The Balaban J connectivity index is 1.93. The maximum absolute atomic E-state index is 12.7. The van der Waals surface area contributed by atoms with Crippen molar-refractivity contribution in [2.75, 3.05) is 6.16 Å². The van der Waals surface area contributed by atoms with E-state index in [9.17, 15) is 24.2 Å². The third-order valence-corrected chi connectivity index (χ3v) is 7.20. The van der Waals surface area contributed by atoms with Gasteiger partial charge in [0, 0.05) is 10.6 Å². The maximum Gasteiger partial charge on any atom is 0.408 e. The molecule has 0 aromatic heterocycles. The van der Waals surface area contributed by atoms with Crippen molar-refractivity contribution >= 4 is 35.4 Å². The van der Waals surface area contributed by atoms with Crippen molar-refractivity contribution in [3.63, 3.8) is 0 Å². The smallest absolute Gasteiger partial charge is 0.408 e. The second-order valence-electron chi connectivity index (χ2n) is 6.69. The Morgan fingerprint density at radius 1 is 1.10 bits per heavy atom. The second-order valence-corrected chi connectivity index (χ2v) is 10.3. The molecule has 0 bridgehead atoms. The zero-order chi connectivity index (χ0) is 21.4. The minimum atomic E-state index is -3.99. The van der Waals surface area contributed by atoms with E-state index in [4.69, 9.17) is 4.74 Å². The fourth-order valence-electron chi connectivity index (χ4n) is 2.65. The first kappa shape index (κ1) is 23.1. The molecule has 0 aliphatic rings. The summed E-state index contributed by atoms with van der Waals surface area (Å²) in [6.07, 6.45) is -1.19. The average molecular weight is 484 g/mol. The Morgan fingerprint density at radius 3 is 2.31 bits per heavy atom. The fraction of sp³-hybridized carbons (Fsp3) is 0.300. The number of ether oxygens (including phenoxy) is 1. The normalized spacial score (nSPS) is 15.0. The van der Waals surface area contributed by atoms with Crippen LogP contribution in [0.4, 0.5) is 4.79 Å². The monoisotopic (exact) mass is 483 g/mol. The van der Waals surface area contributed by atoms with Gasteiger partial charge in [0.05, 0.1) is 5.92 Å². The van der Waals surface area contributed by atoms with Gasteiger partial charge in [0.2, 0.25) is 7.37 Å². The lowest BCUT2D eigenvalue weighted by Gasteiger charge is -2.23. The molecule has 0 saturated carbocycles. The highest BCUT2D eigenvalue weighted by Crippen LogP contribution is 2.47. The van der Waals surface area contributed by atoms with Crippen LogP contribution in [-0.4, -0.2) is 34.0 Å². The summed E-state index contributed by atoms with van der Waals surface area (Å²) in [4.78, 5) is 33.9.